The molecule has 1 N–H and O–H groups in total. The van der Waals surface area contributed by atoms with Crippen molar-refractivity contribution in [1.82, 2.24) is 5.32 Å². The first kappa shape index (κ1) is 13.8. The molecule has 0 aliphatic heterocycles. The van der Waals surface area contributed by atoms with Crippen molar-refractivity contribution in [3.63, 3.8) is 0 Å². The topological polar surface area (TPSA) is 64.4 Å². The van der Waals surface area contributed by atoms with E-state index < -0.39 is 0 Å². The zero-order valence-electron chi connectivity index (χ0n) is 11.4. The van der Waals surface area contributed by atoms with Crippen LogP contribution in [0.3, 0.4) is 0 Å². The van der Waals surface area contributed by atoms with E-state index in [0.717, 1.165) is 12.1 Å². The first-order chi connectivity index (χ1) is 9.10. The van der Waals surface area contributed by atoms with Gasteiger partial charge in [0.15, 0.2) is 0 Å². The van der Waals surface area contributed by atoms with E-state index in [-0.39, 0.29) is 10.6 Å². The maximum Gasteiger partial charge on any atom is 0.270 e. The molecule has 0 spiro atoms. The van der Waals surface area contributed by atoms with Crippen LogP contribution in [-0.4, -0.2) is 18.6 Å². The molecule has 0 heterocycles. The predicted octanol–water partition coefficient (Wildman–Crippen LogP) is 2.88. The molecular formula is C14H20N2O3. The van der Waals surface area contributed by atoms with Crippen LogP contribution >= 0.6 is 0 Å². The molecule has 0 atom stereocenters. The molecular weight excluding hydrogens is 244 g/mol. The zero-order chi connectivity index (χ0) is 13.9. The maximum absolute atomic E-state index is 10.8. The number of nitrogens with zero attached hydrogens (tertiary/aromatic N) is 1. The second kappa shape index (κ2) is 5.57. The highest BCUT2D eigenvalue weighted by atomic mass is 16.6. The summed E-state index contributed by atoms with van der Waals surface area (Å²) in [5, 5.41) is 14.2. The molecule has 104 valence electrons. The lowest BCUT2D eigenvalue weighted by Crippen LogP contribution is -2.23. The normalized spacial score (nSPS) is 16.1. The van der Waals surface area contributed by atoms with Crippen molar-refractivity contribution in [2.45, 2.75) is 32.7 Å². The second-order valence-corrected chi connectivity index (χ2v) is 5.21. The molecule has 5 nitrogen and oxygen atoms in total. The van der Waals surface area contributed by atoms with Gasteiger partial charge in [0.25, 0.3) is 5.69 Å². The van der Waals surface area contributed by atoms with Gasteiger partial charge in [-0.25, -0.2) is 0 Å². The number of nitro groups is 1. The average Bonchev–Trinajstić information content (AvgIpc) is 3.19. The smallest absolute Gasteiger partial charge is 0.270 e. The Morgan fingerprint density at radius 2 is 2.21 bits per heavy atom. The largest absolute Gasteiger partial charge is 0.496 e. The van der Waals surface area contributed by atoms with Gasteiger partial charge in [0.1, 0.15) is 5.75 Å². The van der Waals surface area contributed by atoms with E-state index in [2.05, 4.69) is 12.2 Å². The maximum atomic E-state index is 10.8. The minimum atomic E-state index is -0.378. The Kier molecular flexibility index (Phi) is 4.04. The van der Waals surface area contributed by atoms with E-state index in [1.807, 2.05) is 0 Å². The molecule has 19 heavy (non-hydrogen) atoms. The van der Waals surface area contributed by atoms with E-state index in [4.69, 9.17) is 4.74 Å². The van der Waals surface area contributed by atoms with Gasteiger partial charge in [0.05, 0.1) is 12.0 Å². The molecule has 0 bridgehead atoms. The molecule has 1 saturated carbocycles. The third-order valence-electron chi connectivity index (χ3n) is 4.00. The van der Waals surface area contributed by atoms with Crippen molar-refractivity contribution in [3.8, 4) is 5.75 Å². The van der Waals surface area contributed by atoms with Gasteiger partial charge < -0.3 is 10.1 Å². The first-order valence-electron chi connectivity index (χ1n) is 6.62. The fourth-order valence-corrected chi connectivity index (χ4v) is 2.31. The third-order valence-corrected chi connectivity index (χ3v) is 4.00. The Morgan fingerprint density at radius 1 is 1.47 bits per heavy atom. The lowest BCUT2D eigenvalue weighted by molar-refractivity contribution is -0.384. The van der Waals surface area contributed by atoms with Gasteiger partial charge in [-0.2, -0.15) is 0 Å². The first-order valence-corrected chi connectivity index (χ1v) is 6.62. The highest BCUT2D eigenvalue weighted by Gasteiger charge is 2.39. The molecule has 1 fully saturated rings. The fraction of sp³-hybridized carbons (Fsp3) is 0.571. The standard InChI is InChI=1S/C14H20N2O3/c1-3-14(6-7-14)10-15-9-11-8-12(16(17)18)4-5-13(11)19-2/h4-5,8,15H,3,6-7,9-10H2,1-2H3. The Balaban J connectivity index is 2.01. The third kappa shape index (κ3) is 3.23. The Labute approximate surface area is 113 Å². The lowest BCUT2D eigenvalue weighted by Gasteiger charge is -2.14. The highest BCUT2D eigenvalue weighted by Crippen LogP contribution is 2.47. The van der Waals surface area contributed by atoms with Crippen LogP contribution in [0.25, 0.3) is 0 Å². The molecule has 1 aromatic rings. The van der Waals surface area contributed by atoms with Crippen LogP contribution in [0.5, 0.6) is 5.75 Å². The van der Waals surface area contributed by atoms with Gasteiger partial charge in [0, 0.05) is 30.8 Å². The summed E-state index contributed by atoms with van der Waals surface area (Å²) in [5.74, 6) is 0.694. The summed E-state index contributed by atoms with van der Waals surface area (Å²) in [6.45, 7) is 3.78. The molecule has 1 aliphatic rings. The van der Waals surface area contributed by atoms with Gasteiger partial charge in [-0.15, -0.1) is 0 Å². The van der Waals surface area contributed by atoms with Crippen LogP contribution < -0.4 is 10.1 Å². The minimum absolute atomic E-state index is 0.106. The molecule has 0 unspecified atom stereocenters. The van der Waals surface area contributed by atoms with Gasteiger partial charge >= 0.3 is 0 Å². The van der Waals surface area contributed by atoms with Crippen molar-refractivity contribution in [1.29, 1.82) is 0 Å². The van der Waals surface area contributed by atoms with E-state index >= 15 is 0 Å². The fourth-order valence-electron chi connectivity index (χ4n) is 2.31. The molecule has 0 aromatic heterocycles. The number of hydrogen-bond acceptors (Lipinski definition) is 4. The van der Waals surface area contributed by atoms with Crippen LogP contribution in [0.1, 0.15) is 31.7 Å². The number of hydrogen-bond donors (Lipinski definition) is 1. The van der Waals surface area contributed by atoms with Crippen LogP contribution in [0, 0.1) is 15.5 Å². The monoisotopic (exact) mass is 264 g/mol. The quantitative estimate of drug-likeness (QED) is 0.607. The summed E-state index contributed by atoms with van der Waals surface area (Å²) in [6, 6.07) is 4.70. The van der Waals surface area contributed by atoms with Crippen molar-refractivity contribution in [3.05, 3.63) is 33.9 Å². The van der Waals surface area contributed by atoms with Gasteiger partial charge in [-0.1, -0.05) is 6.92 Å². The van der Waals surface area contributed by atoms with Crippen LogP contribution in [0.2, 0.25) is 0 Å². The summed E-state index contributed by atoms with van der Waals surface area (Å²) in [7, 11) is 1.58. The molecule has 1 aliphatic carbocycles. The number of rotatable bonds is 7. The lowest BCUT2D eigenvalue weighted by atomic mass is 10.0. The van der Waals surface area contributed by atoms with Crippen molar-refractivity contribution < 1.29 is 9.66 Å². The predicted molar refractivity (Wildman–Crippen MR) is 73.3 cm³/mol. The molecule has 5 heteroatoms. The van der Waals surface area contributed by atoms with Crippen LogP contribution in [-0.2, 0) is 6.54 Å². The summed E-state index contributed by atoms with van der Waals surface area (Å²) in [6.07, 6.45) is 3.75. The zero-order valence-corrected chi connectivity index (χ0v) is 11.4. The van der Waals surface area contributed by atoms with Crippen LogP contribution in [0.4, 0.5) is 5.69 Å². The molecule has 1 aromatic carbocycles. The van der Waals surface area contributed by atoms with Crippen LogP contribution in [0.15, 0.2) is 18.2 Å². The summed E-state index contributed by atoms with van der Waals surface area (Å²) < 4.78 is 5.24. The minimum Gasteiger partial charge on any atom is -0.496 e. The van der Waals surface area contributed by atoms with Gasteiger partial charge in [0.2, 0.25) is 0 Å². The van der Waals surface area contributed by atoms with E-state index in [1.165, 1.54) is 25.3 Å². The van der Waals surface area contributed by atoms with Crippen molar-refractivity contribution in [2.24, 2.45) is 5.41 Å². The number of benzene rings is 1. The van der Waals surface area contributed by atoms with E-state index in [1.54, 1.807) is 19.2 Å². The number of nitro benzene ring substituents is 1. The number of nitrogens with one attached hydrogen (secondary N) is 1. The second-order valence-electron chi connectivity index (χ2n) is 5.21. The SMILES string of the molecule is CCC1(CNCc2cc([N+](=O)[O-])ccc2OC)CC1. The Hall–Kier alpha value is -1.62. The van der Waals surface area contributed by atoms with E-state index in [0.29, 0.717) is 17.7 Å². The number of non-ortho nitro benzene ring substituents is 1. The molecule has 0 saturated heterocycles. The number of ether oxygens (including phenoxy) is 1. The molecule has 2 rings (SSSR count). The molecule has 0 radical (unpaired) electrons. The summed E-state index contributed by atoms with van der Waals surface area (Å²) in [4.78, 5) is 10.4. The van der Waals surface area contributed by atoms with Crippen molar-refractivity contribution in [2.75, 3.05) is 13.7 Å². The number of methoxy groups -OCH3 is 1. The van der Waals surface area contributed by atoms with Crippen molar-refractivity contribution >= 4 is 5.69 Å². The van der Waals surface area contributed by atoms with E-state index in [9.17, 15) is 10.1 Å². The average molecular weight is 264 g/mol. The molecule has 0 amide bonds. The summed E-state index contributed by atoms with van der Waals surface area (Å²) >= 11 is 0. The van der Waals surface area contributed by atoms with Gasteiger partial charge in [-0.05, 0) is 30.7 Å². The highest BCUT2D eigenvalue weighted by molar-refractivity contribution is 5.43. The Morgan fingerprint density at radius 3 is 2.74 bits per heavy atom. The summed E-state index contributed by atoms with van der Waals surface area (Å²) in [5.41, 5.74) is 1.41. The van der Waals surface area contributed by atoms with Gasteiger partial charge in [-0.3, -0.25) is 10.1 Å². The Bertz CT molecular complexity index is 470.